The fraction of sp³-hybridized carbons (Fsp3) is 0.278. The van der Waals surface area contributed by atoms with Gasteiger partial charge in [0.25, 0.3) is 5.91 Å². The summed E-state index contributed by atoms with van der Waals surface area (Å²) in [5.74, 6) is -0.490. The summed E-state index contributed by atoms with van der Waals surface area (Å²) in [5.41, 5.74) is 0.701. The van der Waals surface area contributed by atoms with Crippen LogP contribution in [-0.4, -0.2) is 25.6 Å². The van der Waals surface area contributed by atoms with Crippen LogP contribution in [0.1, 0.15) is 20.8 Å². The Kier molecular flexibility index (Phi) is 6.19. The van der Waals surface area contributed by atoms with Crippen molar-refractivity contribution < 1.29 is 27.5 Å². The van der Waals surface area contributed by atoms with Gasteiger partial charge in [-0.05, 0) is 53.9 Å². The number of amides is 1. The Bertz CT molecular complexity index is 891. The number of benzene rings is 2. The molecule has 0 aliphatic heterocycles. The van der Waals surface area contributed by atoms with Gasteiger partial charge < -0.3 is 4.74 Å². The van der Waals surface area contributed by atoms with Gasteiger partial charge in [-0.3, -0.25) is 10.0 Å². The van der Waals surface area contributed by atoms with Gasteiger partial charge in [0.15, 0.2) is 0 Å². The molecule has 0 spiro atoms. The van der Waals surface area contributed by atoms with E-state index in [1.807, 2.05) is 0 Å². The van der Waals surface area contributed by atoms with E-state index < -0.39 is 33.2 Å². The quantitative estimate of drug-likeness (QED) is 0.514. The van der Waals surface area contributed by atoms with E-state index in [0.717, 1.165) is 0 Å². The zero-order valence-corrected chi connectivity index (χ0v) is 15.9. The lowest BCUT2D eigenvalue weighted by atomic mass is 9.87. The van der Waals surface area contributed by atoms with Crippen LogP contribution in [0.5, 0.6) is 11.5 Å². The minimum absolute atomic E-state index is 0.0751. The van der Waals surface area contributed by atoms with Crippen molar-refractivity contribution in [1.82, 2.24) is 10.2 Å². The summed E-state index contributed by atoms with van der Waals surface area (Å²) in [6, 6.07) is 9.73. The number of nitrogens with one attached hydrogen (secondary N) is 2. The third-order valence-electron chi connectivity index (χ3n) is 3.69. The van der Waals surface area contributed by atoms with Crippen molar-refractivity contribution in [2.75, 3.05) is 0 Å². The summed E-state index contributed by atoms with van der Waals surface area (Å²) in [5, 5.41) is 8.86. The molecule has 2 rings (SSSR count). The third-order valence-corrected chi connectivity index (χ3v) is 5.13. The topological polar surface area (TPSA) is 105 Å². The number of sulfonamides is 1. The van der Waals surface area contributed by atoms with Gasteiger partial charge in [-0.1, -0.05) is 20.8 Å². The van der Waals surface area contributed by atoms with Gasteiger partial charge in [-0.2, -0.15) is 4.72 Å². The Hall–Kier alpha value is -2.49. The smallest absolute Gasteiger partial charge is 0.262 e. The normalized spacial score (nSPS) is 13.1. The average Bonchev–Trinajstić information content (AvgIpc) is 2.60. The average molecular weight is 396 g/mol. The monoisotopic (exact) mass is 396 g/mol. The van der Waals surface area contributed by atoms with Crippen LogP contribution in [-0.2, 0) is 14.8 Å². The number of hydroxylamine groups is 1. The van der Waals surface area contributed by atoms with E-state index in [0.29, 0.717) is 11.5 Å². The molecule has 0 aliphatic rings. The lowest BCUT2D eigenvalue weighted by Crippen LogP contribution is -2.52. The lowest BCUT2D eigenvalue weighted by Gasteiger charge is -2.29. The lowest BCUT2D eigenvalue weighted by molar-refractivity contribution is -0.133. The summed E-state index contributed by atoms with van der Waals surface area (Å²) in [4.78, 5) is 11.7. The van der Waals surface area contributed by atoms with Gasteiger partial charge in [0, 0.05) is 0 Å². The van der Waals surface area contributed by atoms with E-state index >= 15 is 0 Å². The molecule has 0 radical (unpaired) electrons. The van der Waals surface area contributed by atoms with Crippen LogP contribution in [0.2, 0.25) is 0 Å². The fourth-order valence-electron chi connectivity index (χ4n) is 2.24. The van der Waals surface area contributed by atoms with Gasteiger partial charge in [0.2, 0.25) is 10.0 Å². The predicted molar refractivity (Wildman–Crippen MR) is 96.4 cm³/mol. The molecule has 0 saturated heterocycles. The van der Waals surface area contributed by atoms with Crippen LogP contribution in [0.25, 0.3) is 0 Å². The largest absolute Gasteiger partial charge is 0.457 e. The van der Waals surface area contributed by atoms with Crippen LogP contribution in [0.3, 0.4) is 0 Å². The van der Waals surface area contributed by atoms with Crippen molar-refractivity contribution in [3.63, 3.8) is 0 Å². The van der Waals surface area contributed by atoms with Crippen molar-refractivity contribution in [3.05, 3.63) is 54.3 Å². The molecule has 146 valence electrons. The molecule has 27 heavy (non-hydrogen) atoms. The zero-order chi connectivity index (χ0) is 20.2. The molecule has 7 nitrogen and oxygen atoms in total. The highest BCUT2D eigenvalue weighted by Gasteiger charge is 2.35. The van der Waals surface area contributed by atoms with Crippen LogP contribution in [0, 0.1) is 11.2 Å². The molecule has 9 heteroatoms. The van der Waals surface area contributed by atoms with E-state index in [4.69, 9.17) is 9.94 Å². The molecule has 0 heterocycles. The van der Waals surface area contributed by atoms with E-state index in [1.165, 1.54) is 54.0 Å². The minimum atomic E-state index is -4.02. The molecule has 0 aliphatic carbocycles. The Morgan fingerprint density at radius 3 is 1.96 bits per heavy atom. The van der Waals surface area contributed by atoms with Crippen LogP contribution >= 0.6 is 0 Å². The van der Waals surface area contributed by atoms with E-state index in [1.54, 1.807) is 20.8 Å². The summed E-state index contributed by atoms with van der Waals surface area (Å²) in [6.07, 6.45) is 0. The number of halogens is 1. The van der Waals surface area contributed by atoms with Crippen LogP contribution < -0.4 is 14.9 Å². The second kappa shape index (κ2) is 8.03. The number of hydrogen-bond acceptors (Lipinski definition) is 5. The Balaban J connectivity index is 2.18. The molecule has 2 aromatic carbocycles. The highest BCUT2D eigenvalue weighted by atomic mass is 32.2. The summed E-state index contributed by atoms with van der Waals surface area (Å²) in [6.45, 7) is 4.99. The molecule has 0 bridgehead atoms. The number of rotatable bonds is 6. The van der Waals surface area contributed by atoms with Gasteiger partial charge in [-0.25, -0.2) is 18.3 Å². The molecular weight excluding hydrogens is 375 g/mol. The molecule has 0 fully saturated rings. The van der Waals surface area contributed by atoms with Crippen LogP contribution in [0.15, 0.2) is 53.4 Å². The SMILES string of the molecule is CC(C)(C)C(NS(=O)(=O)c1ccc(Oc2ccc(F)cc2)cc1)C(=O)NO. The zero-order valence-electron chi connectivity index (χ0n) is 15.1. The molecule has 1 atom stereocenters. The Labute approximate surface area is 157 Å². The van der Waals surface area contributed by atoms with Gasteiger partial charge >= 0.3 is 0 Å². The number of hydrogen-bond donors (Lipinski definition) is 3. The number of carbonyl (C=O) groups is 1. The van der Waals surface area contributed by atoms with Gasteiger partial charge in [-0.15, -0.1) is 0 Å². The van der Waals surface area contributed by atoms with Crippen molar-refractivity contribution >= 4 is 15.9 Å². The van der Waals surface area contributed by atoms with Crippen molar-refractivity contribution in [1.29, 1.82) is 0 Å². The standard InChI is InChI=1S/C18H21FN2O5S/c1-18(2,3)16(17(22)20-23)21-27(24,25)15-10-8-14(9-11-15)26-13-6-4-12(19)5-7-13/h4-11,16,21,23H,1-3H3,(H,20,22). The van der Waals surface area contributed by atoms with Crippen molar-refractivity contribution in [2.24, 2.45) is 5.41 Å². The van der Waals surface area contributed by atoms with Gasteiger partial charge in [0.1, 0.15) is 23.4 Å². The predicted octanol–water partition coefficient (Wildman–Crippen LogP) is 2.82. The third kappa shape index (κ3) is 5.49. The molecule has 0 aromatic heterocycles. The second-order valence-corrected chi connectivity index (χ2v) is 8.64. The van der Waals surface area contributed by atoms with Crippen LogP contribution in [0.4, 0.5) is 4.39 Å². The first kappa shape index (κ1) is 20.8. The van der Waals surface area contributed by atoms with E-state index in [-0.39, 0.29) is 4.90 Å². The Morgan fingerprint density at radius 2 is 1.52 bits per heavy atom. The Morgan fingerprint density at radius 1 is 1.04 bits per heavy atom. The van der Waals surface area contributed by atoms with Crippen molar-refractivity contribution in [2.45, 2.75) is 31.7 Å². The number of carbonyl (C=O) groups excluding carboxylic acids is 1. The maximum atomic E-state index is 12.9. The molecular formula is C18H21FN2O5S. The molecule has 0 saturated carbocycles. The highest BCUT2D eigenvalue weighted by molar-refractivity contribution is 7.89. The first-order valence-electron chi connectivity index (χ1n) is 8.03. The summed E-state index contributed by atoms with van der Waals surface area (Å²) in [7, 11) is -4.02. The maximum Gasteiger partial charge on any atom is 0.262 e. The van der Waals surface area contributed by atoms with Gasteiger partial charge in [0.05, 0.1) is 4.90 Å². The molecule has 1 amide bonds. The first-order chi connectivity index (χ1) is 12.5. The molecule has 1 unspecified atom stereocenters. The highest BCUT2D eigenvalue weighted by Crippen LogP contribution is 2.25. The number of ether oxygens (including phenoxy) is 1. The van der Waals surface area contributed by atoms with E-state index in [9.17, 15) is 17.6 Å². The summed E-state index contributed by atoms with van der Waals surface area (Å²) >= 11 is 0. The molecule has 3 N–H and O–H groups in total. The minimum Gasteiger partial charge on any atom is -0.457 e. The maximum absolute atomic E-state index is 12.9. The first-order valence-corrected chi connectivity index (χ1v) is 9.51. The second-order valence-electron chi connectivity index (χ2n) is 6.92. The summed E-state index contributed by atoms with van der Waals surface area (Å²) < 4.78 is 45.8. The fourth-order valence-corrected chi connectivity index (χ4v) is 3.64. The van der Waals surface area contributed by atoms with E-state index in [2.05, 4.69) is 4.72 Å². The molecule has 2 aromatic rings. The van der Waals surface area contributed by atoms with Crippen molar-refractivity contribution in [3.8, 4) is 11.5 Å².